The maximum Gasteiger partial charge on any atom is 0.404 e. The van der Waals surface area contributed by atoms with Gasteiger partial charge in [0.25, 0.3) is 5.78 Å². The van der Waals surface area contributed by atoms with Gasteiger partial charge < -0.3 is 5.11 Å². The molecule has 0 aromatic carbocycles. The van der Waals surface area contributed by atoms with Gasteiger partial charge in [-0.1, -0.05) is 11.6 Å². The third-order valence-electron chi connectivity index (χ3n) is 1.35. The maximum atomic E-state index is 12.6. The Balaban J connectivity index is 3.02. The van der Waals surface area contributed by atoms with Crippen molar-refractivity contribution >= 4 is 34.7 Å². The predicted molar refractivity (Wildman–Crippen MR) is 46.2 cm³/mol. The zero-order valence-electron chi connectivity index (χ0n) is 6.46. The zero-order valence-corrected chi connectivity index (χ0v) is 8.03. The molecule has 0 amide bonds. The van der Waals surface area contributed by atoms with Crippen LogP contribution >= 0.6 is 22.9 Å². The first-order valence-corrected chi connectivity index (χ1v) is 4.46. The van der Waals surface area contributed by atoms with E-state index in [1.165, 1.54) is 6.07 Å². The standard InChI is InChI=1S/C7H3ClF2O3S/c8-4-2-1-3(14-4)5(11)7(9,10)6(12)13/h1-2H,(H,12,13). The van der Waals surface area contributed by atoms with E-state index < -0.39 is 17.7 Å². The van der Waals surface area contributed by atoms with Crippen molar-refractivity contribution in [2.75, 3.05) is 0 Å². The molecular formula is C7H3ClF2O3S. The van der Waals surface area contributed by atoms with Gasteiger partial charge in [-0.25, -0.2) is 4.79 Å². The van der Waals surface area contributed by atoms with E-state index in [1.54, 1.807) is 0 Å². The van der Waals surface area contributed by atoms with E-state index in [4.69, 9.17) is 16.7 Å². The monoisotopic (exact) mass is 240 g/mol. The Bertz CT molecular complexity index is 388. The number of Topliss-reactive ketones (excluding diaryl/α,β-unsaturated/α-hetero) is 1. The summed E-state index contributed by atoms with van der Waals surface area (Å²) in [5.41, 5.74) is 0. The van der Waals surface area contributed by atoms with Gasteiger partial charge >= 0.3 is 11.9 Å². The number of aliphatic carboxylic acids is 1. The summed E-state index contributed by atoms with van der Waals surface area (Å²) < 4.78 is 25.4. The van der Waals surface area contributed by atoms with Gasteiger partial charge in [0.15, 0.2) is 0 Å². The average molecular weight is 241 g/mol. The minimum absolute atomic E-state index is 0.148. The van der Waals surface area contributed by atoms with Crippen LogP contribution in [0.1, 0.15) is 9.67 Å². The highest BCUT2D eigenvalue weighted by atomic mass is 35.5. The Labute approximate surface area is 85.9 Å². The summed E-state index contributed by atoms with van der Waals surface area (Å²) in [4.78, 5) is 20.6. The van der Waals surface area contributed by atoms with E-state index in [-0.39, 0.29) is 9.21 Å². The van der Waals surface area contributed by atoms with Crippen LogP contribution in [0.15, 0.2) is 12.1 Å². The summed E-state index contributed by atoms with van der Waals surface area (Å²) in [6.07, 6.45) is 0. The van der Waals surface area contributed by atoms with Gasteiger partial charge in [0.1, 0.15) is 0 Å². The predicted octanol–water partition coefficient (Wildman–Crippen LogP) is 2.30. The van der Waals surface area contributed by atoms with E-state index >= 15 is 0 Å². The number of rotatable bonds is 3. The Morgan fingerprint density at radius 2 is 2.00 bits per heavy atom. The zero-order chi connectivity index (χ0) is 10.9. The van der Waals surface area contributed by atoms with Crippen molar-refractivity contribution in [3.05, 3.63) is 21.3 Å². The van der Waals surface area contributed by atoms with Crippen molar-refractivity contribution < 1.29 is 23.5 Å². The second kappa shape index (κ2) is 3.62. The summed E-state index contributed by atoms with van der Waals surface area (Å²) in [5, 5.41) is 8.08. The largest absolute Gasteiger partial charge is 0.476 e. The summed E-state index contributed by atoms with van der Waals surface area (Å²) in [6.45, 7) is 0. The fourth-order valence-corrected chi connectivity index (χ4v) is 1.70. The van der Waals surface area contributed by atoms with Crippen molar-refractivity contribution in [1.82, 2.24) is 0 Å². The Morgan fingerprint density at radius 1 is 1.43 bits per heavy atom. The van der Waals surface area contributed by atoms with Crippen molar-refractivity contribution in [2.24, 2.45) is 0 Å². The molecule has 1 heterocycles. The van der Waals surface area contributed by atoms with Crippen LogP contribution in [0, 0.1) is 0 Å². The second-order valence-electron chi connectivity index (χ2n) is 2.31. The lowest BCUT2D eigenvalue weighted by Gasteiger charge is -2.07. The molecule has 0 unspecified atom stereocenters. The van der Waals surface area contributed by atoms with E-state index in [0.29, 0.717) is 11.3 Å². The number of hydrogen-bond acceptors (Lipinski definition) is 3. The molecule has 7 heteroatoms. The SMILES string of the molecule is O=C(O)C(F)(F)C(=O)c1ccc(Cl)s1. The first kappa shape index (κ1) is 11.1. The first-order valence-electron chi connectivity index (χ1n) is 3.27. The van der Waals surface area contributed by atoms with Gasteiger partial charge in [-0.2, -0.15) is 8.78 Å². The number of carboxylic acid groups (broad SMARTS) is 1. The number of carbonyl (C=O) groups is 2. The number of carbonyl (C=O) groups excluding carboxylic acids is 1. The molecule has 0 aliphatic carbocycles. The van der Waals surface area contributed by atoms with Crippen LogP contribution in [0.3, 0.4) is 0 Å². The third-order valence-corrected chi connectivity index (χ3v) is 2.58. The molecule has 14 heavy (non-hydrogen) atoms. The molecule has 1 rings (SSSR count). The minimum Gasteiger partial charge on any atom is -0.476 e. The highest BCUT2D eigenvalue weighted by molar-refractivity contribution is 7.18. The van der Waals surface area contributed by atoms with E-state index in [1.807, 2.05) is 0 Å². The fourth-order valence-electron chi connectivity index (χ4n) is 0.688. The van der Waals surface area contributed by atoms with E-state index in [9.17, 15) is 18.4 Å². The fraction of sp³-hybridized carbons (Fsp3) is 0.143. The summed E-state index contributed by atoms with van der Waals surface area (Å²) in [6, 6.07) is 2.31. The molecule has 0 aliphatic rings. The van der Waals surface area contributed by atoms with Crippen molar-refractivity contribution in [2.45, 2.75) is 5.92 Å². The quantitative estimate of drug-likeness (QED) is 0.652. The van der Waals surface area contributed by atoms with Crippen molar-refractivity contribution in [3.63, 3.8) is 0 Å². The van der Waals surface area contributed by atoms with Crippen molar-refractivity contribution in [1.29, 1.82) is 0 Å². The third kappa shape index (κ3) is 1.91. The summed E-state index contributed by atoms with van der Waals surface area (Å²) in [5.74, 6) is -8.61. The number of ketones is 1. The van der Waals surface area contributed by atoms with Crippen LogP contribution in [0.2, 0.25) is 4.34 Å². The Hall–Kier alpha value is -1.01. The van der Waals surface area contributed by atoms with Gasteiger partial charge in [-0.3, -0.25) is 4.79 Å². The molecule has 76 valence electrons. The summed E-state index contributed by atoms with van der Waals surface area (Å²) >= 11 is 6.02. The molecule has 0 aliphatic heterocycles. The van der Waals surface area contributed by atoms with Crippen LogP contribution in [0.25, 0.3) is 0 Å². The Kier molecular flexibility index (Phi) is 2.86. The van der Waals surface area contributed by atoms with Gasteiger partial charge in [0, 0.05) is 0 Å². The summed E-state index contributed by atoms with van der Waals surface area (Å²) in [7, 11) is 0. The molecule has 0 fully saturated rings. The number of alkyl halides is 2. The molecular weight excluding hydrogens is 238 g/mol. The number of thiophene rings is 1. The molecule has 0 saturated carbocycles. The number of halogens is 3. The smallest absolute Gasteiger partial charge is 0.404 e. The topological polar surface area (TPSA) is 54.4 Å². The number of hydrogen-bond donors (Lipinski definition) is 1. The molecule has 0 atom stereocenters. The maximum absolute atomic E-state index is 12.6. The van der Waals surface area contributed by atoms with Crippen LogP contribution in [0.5, 0.6) is 0 Å². The normalized spacial score (nSPS) is 11.4. The second-order valence-corrected chi connectivity index (χ2v) is 4.03. The van der Waals surface area contributed by atoms with Crippen LogP contribution < -0.4 is 0 Å². The molecule has 1 N–H and O–H groups in total. The molecule has 0 bridgehead atoms. The molecule has 0 radical (unpaired) electrons. The number of carboxylic acids is 1. The first-order chi connectivity index (χ1) is 6.35. The molecule has 3 nitrogen and oxygen atoms in total. The molecule has 1 aromatic rings. The van der Waals surface area contributed by atoms with Gasteiger partial charge in [-0.15, -0.1) is 11.3 Å². The Morgan fingerprint density at radius 3 is 2.36 bits per heavy atom. The lowest BCUT2D eigenvalue weighted by molar-refractivity contribution is -0.157. The van der Waals surface area contributed by atoms with Crippen LogP contribution in [0.4, 0.5) is 8.78 Å². The van der Waals surface area contributed by atoms with E-state index in [0.717, 1.165) is 6.07 Å². The van der Waals surface area contributed by atoms with Gasteiger partial charge in [0.2, 0.25) is 0 Å². The highest BCUT2D eigenvalue weighted by Crippen LogP contribution is 2.27. The van der Waals surface area contributed by atoms with Gasteiger partial charge in [-0.05, 0) is 12.1 Å². The highest BCUT2D eigenvalue weighted by Gasteiger charge is 2.48. The average Bonchev–Trinajstić information content (AvgIpc) is 2.50. The molecule has 0 saturated heterocycles. The molecule has 1 aromatic heterocycles. The lowest BCUT2D eigenvalue weighted by atomic mass is 10.2. The van der Waals surface area contributed by atoms with Crippen molar-refractivity contribution in [3.8, 4) is 0 Å². The van der Waals surface area contributed by atoms with Crippen LogP contribution in [-0.2, 0) is 4.79 Å². The van der Waals surface area contributed by atoms with Gasteiger partial charge in [0.05, 0.1) is 9.21 Å². The van der Waals surface area contributed by atoms with E-state index in [2.05, 4.69) is 0 Å². The van der Waals surface area contributed by atoms with Crippen LogP contribution in [-0.4, -0.2) is 22.8 Å². The molecule has 0 spiro atoms. The minimum atomic E-state index is -4.39. The lowest BCUT2D eigenvalue weighted by Crippen LogP contribution is -2.37.